The average molecular weight is 331 g/mol. The number of H-pyrrole nitrogens is 3. The molecule has 6 nitrogen and oxygen atoms in total. The molecule has 1 unspecified atom stereocenters. The fourth-order valence-corrected chi connectivity index (χ4v) is 3.55. The predicted octanol–water partition coefficient (Wildman–Crippen LogP) is 2.83. The van der Waals surface area contributed by atoms with Crippen LogP contribution in [-0.4, -0.2) is 15.0 Å². The lowest BCUT2D eigenvalue weighted by Gasteiger charge is -2.26. The van der Waals surface area contributed by atoms with Crippen molar-refractivity contribution in [1.82, 2.24) is 15.0 Å². The summed E-state index contributed by atoms with van der Waals surface area (Å²) in [4.78, 5) is 32.4. The Labute approximate surface area is 141 Å². The van der Waals surface area contributed by atoms with Crippen LogP contribution in [0.25, 0.3) is 10.9 Å². The molecule has 1 aliphatic heterocycles. The van der Waals surface area contributed by atoms with Gasteiger partial charge in [0, 0.05) is 22.7 Å². The molecule has 2 aromatic heterocycles. The molecule has 4 aromatic rings. The van der Waals surface area contributed by atoms with Gasteiger partial charge in [-0.15, -0.1) is 0 Å². The Morgan fingerprint density at radius 3 is 2.60 bits per heavy atom. The summed E-state index contributed by atoms with van der Waals surface area (Å²) < 4.78 is 5.79. The van der Waals surface area contributed by atoms with Crippen LogP contribution < -0.4 is 16.0 Å². The highest BCUT2D eigenvalue weighted by molar-refractivity contribution is 5.85. The number of rotatable bonds is 1. The number of nitrogens with one attached hydrogen (secondary N) is 3. The molecular weight excluding hydrogens is 318 g/mol. The lowest BCUT2D eigenvalue weighted by Crippen LogP contribution is -2.30. The molecule has 3 N–H and O–H groups in total. The third-order valence-electron chi connectivity index (χ3n) is 4.61. The van der Waals surface area contributed by atoms with E-state index in [0.29, 0.717) is 11.3 Å². The molecule has 0 radical (unpaired) electrons. The first-order valence-electron chi connectivity index (χ1n) is 7.91. The molecule has 0 amide bonds. The number of aromatic amines is 3. The van der Waals surface area contributed by atoms with Gasteiger partial charge >= 0.3 is 5.69 Å². The van der Waals surface area contributed by atoms with Gasteiger partial charge in [0.05, 0.1) is 11.5 Å². The van der Waals surface area contributed by atoms with Gasteiger partial charge in [0.25, 0.3) is 5.56 Å². The van der Waals surface area contributed by atoms with E-state index >= 15 is 0 Å². The van der Waals surface area contributed by atoms with Gasteiger partial charge in [-0.25, -0.2) is 4.79 Å². The van der Waals surface area contributed by atoms with Crippen LogP contribution in [0.4, 0.5) is 0 Å². The minimum Gasteiger partial charge on any atom is -0.440 e. The molecule has 0 spiro atoms. The molecule has 0 fully saturated rings. The third-order valence-corrected chi connectivity index (χ3v) is 4.61. The van der Waals surface area contributed by atoms with E-state index in [1.807, 2.05) is 54.7 Å². The van der Waals surface area contributed by atoms with E-state index in [-0.39, 0.29) is 11.8 Å². The molecule has 0 saturated heterocycles. The van der Waals surface area contributed by atoms with Gasteiger partial charge < -0.3 is 9.72 Å². The van der Waals surface area contributed by atoms with Crippen LogP contribution in [-0.2, 0) is 0 Å². The van der Waals surface area contributed by atoms with E-state index in [2.05, 4.69) is 15.0 Å². The maximum Gasteiger partial charge on any atom is 0.328 e. The molecule has 1 aliphatic rings. The van der Waals surface area contributed by atoms with Crippen LogP contribution in [0.1, 0.15) is 22.6 Å². The zero-order chi connectivity index (χ0) is 17.0. The summed E-state index contributed by atoms with van der Waals surface area (Å²) in [5, 5.41) is 1.03. The van der Waals surface area contributed by atoms with Gasteiger partial charge in [-0.05, 0) is 17.7 Å². The van der Waals surface area contributed by atoms with Crippen molar-refractivity contribution < 1.29 is 4.74 Å². The standard InChI is InChI=1S/C19H13N3O3/c23-17-16-15(12-9-20-13-7-3-1-5-10(12)13)11-6-2-4-8-14(11)25-18(16)22-19(24)21-17/h1-9,15,20H,(H2,21,22,23,24). The highest BCUT2D eigenvalue weighted by Gasteiger charge is 2.33. The zero-order valence-electron chi connectivity index (χ0n) is 13.0. The Balaban J connectivity index is 1.88. The van der Waals surface area contributed by atoms with Gasteiger partial charge in [0.1, 0.15) is 5.75 Å². The highest BCUT2D eigenvalue weighted by Crippen LogP contribution is 2.45. The summed E-state index contributed by atoms with van der Waals surface area (Å²) in [5.41, 5.74) is 2.22. The lowest BCUT2D eigenvalue weighted by molar-refractivity contribution is 0.428. The van der Waals surface area contributed by atoms with E-state index in [9.17, 15) is 9.59 Å². The first-order chi connectivity index (χ1) is 12.2. The van der Waals surface area contributed by atoms with Crippen molar-refractivity contribution in [3.8, 4) is 11.6 Å². The number of hydrogen-bond donors (Lipinski definition) is 3. The minimum atomic E-state index is -0.583. The topological polar surface area (TPSA) is 90.7 Å². The maximum atomic E-state index is 12.6. The molecule has 5 rings (SSSR count). The van der Waals surface area contributed by atoms with Gasteiger partial charge in [0.15, 0.2) is 0 Å². The summed E-state index contributed by atoms with van der Waals surface area (Å²) in [7, 11) is 0. The fourth-order valence-electron chi connectivity index (χ4n) is 3.55. The molecule has 0 bridgehead atoms. The predicted molar refractivity (Wildman–Crippen MR) is 93.4 cm³/mol. The summed E-state index contributed by atoms with van der Waals surface area (Å²) in [6, 6.07) is 15.5. The van der Waals surface area contributed by atoms with Crippen molar-refractivity contribution in [1.29, 1.82) is 0 Å². The molecule has 3 heterocycles. The van der Waals surface area contributed by atoms with Crippen molar-refractivity contribution in [2.45, 2.75) is 5.92 Å². The number of aromatic nitrogens is 3. The molecule has 2 aromatic carbocycles. The number of ether oxygens (including phenoxy) is 1. The summed E-state index contributed by atoms with van der Waals surface area (Å²) in [6.07, 6.45) is 1.91. The Hall–Kier alpha value is -3.54. The number of benzene rings is 2. The van der Waals surface area contributed by atoms with E-state index < -0.39 is 11.2 Å². The molecule has 0 aliphatic carbocycles. The van der Waals surface area contributed by atoms with Crippen molar-refractivity contribution >= 4 is 10.9 Å². The first-order valence-corrected chi connectivity index (χ1v) is 7.91. The van der Waals surface area contributed by atoms with Gasteiger partial charge in [-0.1, -0.05) is 36.4 Å². The second kappa shape index (κ2) is 4.98. The molecule has 6 heteroatoms. The molecule has 25 heavy (non-hydrogen) atoms. The first kappa shape index (κ1) is 13.9. The summed E-state index contributed by atoms with van der Waals surface area (Å²) >= 11 is 0. The maximum absolute atomic E-state index is 12.6. The van der Waals surface area contributed by atoms with Crippen LogP contribution in [0.5, 0.6) is 11.6 Å². The minimum absolute atomic E-state index is 0.197. The van der Waals surface area contributed by atoms with E-state index in [1.165, 1.54) is 0 Å². The van der Waals surface area contributed by atoms with E-state index in [1.54, 1.807) is 0 Å². The van der Waals surface area contributed by atoms with Crippen LogP contribution in [0.3, 0.4) is 0 Å². The molecule has 122 valence electrons. The van der Waals surface area contributed by atoms with Crippen molar-refractivity contribution in [2.75, 3.05) is 0 Å². The molecular formula is C19H13N3O3. The third kappa shape index (κ3) is 1.97. The number of fused-ring (bicyclic) bond motifs is 3. The quantitative estimate of drug-likeness (QED) is 0.441. The Kier molecular flexibility index (Phi) is 2.76. The van der Waals surface area contributed by atoms with Gasteiger partial charge in [-0.3, -0.25) is 14.8 Å². The Morgan fingerprint density at radius 2 is 1.68 bits per heavy atom. The second-order valence-electron chi connectivity index (χ2n) is 6.01. The van der Waals surface area contributed by atoms with Gasteiger partial charge in [0.2, 0.25) is 5.88 Å². The molecule has 1 atom stereocenters. The van der Waals surface area contributed by atoms with Crippen molar-refractivity contribution in [2.24, 2.45) is 0 Å². The average Bonchev–Trinajstić information content (AvgIpc) is 3.03. The number of hydrogen-bond acceptors (Lipinski definition) is 3. The van der Waals surface area contributed by atoms with Crippen LogP contribution in [0, 0.1) is 0 Å². The lowest BCUT2D eigenvalue weighted by atomic mass is 9.84. The largest absolute Gasteiger partial charge is 0.440 e. The smallest absolute Gasteiger partial charge is 0.328 e. The second-order valence-corrected chi connectivity index (χ2v) is 6.01. The molecule has 0 saturated carbocycles. The summed E-state index contributed by atoms with van der Waals surface area (Å²) in [6.45, 7) is 0. The highest BCUT2D eigenvalue weighted by atomic mass is 16.5. The summed E-state index contributed by atoms with van der Waals surface area (Å²) in [5.74, 6) is 0.492. The normalized spacial score (nSPS) is 15.4. The monoisotopic (exact) mass is 331 g/mol. The van der Waals surface area contributed by atoms with Crippen molar-refractivity contribution in [3.63, 3.8) is 0 Å². The Morgan fingerprint density at radius 1 is 0.880 bits per heavy atom. The van der Waals surface area contributed by atoms with E-state index in [0.717, 1.165) is 22.0 Å². The van der Waals surface area contributed by atoms with Crippen LogP contribution in [0.2, 0.25) is 0 Å². The zero-order valence-corrected chi connectivity index (χ0v) is 13.0. The van der Waals surface area contributed by atoms with Crippen LogP contribution >= 0.6 is 0 Å². The van der Waals surface area contributed by atoms with Gasteiger partial charge in [-0.2, -0.15) is 0 Å². The Bertz CT molecular complexity index is 1230. The number of para-hydroxylation sites is 2. The van der Waals surface area contributed by atoms with Crippen molar-refractivity contribution in [3.05, 3.63) is 92.3 Å². The fraction of sp³-hybridized carbons (Fsp3) is 0.0526. The SMILES string of the molecule is O=c1[nH]c2c(c(=O)[nH]1)C(c1c[nH]c3ccccc13)c1ccccc1O2. The van der Waals surface area contributed by atoms with E-state index in [4.69, 9.17) is 4.74 Å². The van der Waals surface area contributed by atoms with Crippen LogP contribution in [0.15, 0.2) is 64.3 Å².